The first-order chi connectivity index (χ1) is 8.08. The van der Waals surface area contributed by atoms with E-state index in [1.165, 1.54) is 0 Å². The fourth-order valence-corrected chi connectivity index (χ4v) is 1.79. The second-order valence-corrected chi connectivity index (χ2v) is 3.89. The van der Waals surface area contributed by atoms with Crippen LogP contribution in [0.1, 0.15) is 17.7 Å². The predicted molar refractivity (Wildman–Crippen MR) is 64.6 cm³/mol. The molecule has 0 unspecified atom stereocenters. The number of hydrogen-bond donors (Lipinski definition) is 2. The number of anilines is 1. The lowest BCUT2D eigenvalue weighted by Gasteiger charge is -2.07. The van der Waals surface area contributed by atoms with Crippen LogP contribution in [-0.2, 0) is 11.2 Å². The summed E-state index contributed by atoms with van der Waals surface area (Å²) >= 11 is 0. The fourth-order valence-electron chi connectivity index (χ4n) is 1.79. The second kappa shape index (κ2) is 4.37. The van der Waals surface area contributed by atoms with E-state index >= 15 is 0 Å². The van der Waals surface area contributed by atoms with Crippen molar-refractivity contribution in [2.75, 3.05) is 5.73 Å². The van der Waals surface area contributed by atoms with Crippen LogP contribution < -0.4 is 5.73 Å². The number of carboxylic acid groups (broad SMARTS) is 1. The third-order valence-electron chi connectivity index (χ3n) is 2.60. The van der Waals surface area contributed by atoms with Crippen LogP contribution in [0.2, 0.25) is 0 Å². The van der Waals surface area contributed by atoms with Crippen LogP contribution in [0.15, 0.2) is 18.2 Å². The van der Waals surface area contributed by atoms with Crippen LogP contribution in [0.25, 0.3) is 10.9 Å². The van der Waals surface area contributed by atoms with Gasteiger partial charge in [0.2, 0.25) is 5.95 Å². The first kappa shape index (κ1) is 11.3. The van der Waals surface area contributed by atoms with Gasteiger partial charge in [0.25, 0.3) is 0 Å². The second-order valence-electron chi connectivity index (χ2n) is 3.89. The van der Waals surface area contributed by atoms with Gasteiger partial charge >= 0.3 is 5.97 Å². The summed E-state index contributed by atoms with van der Waals surface area (Å²) in [5.41, 5.74) is 8.12. The lowest BCUT2D eigenvalue weighted by molar-refractivity contribution is -0.136. The number of rotatable bonds is 3. The Balaban J connectivity index is 2.54. The van der Waals surface area contributed by atoms with Gasteiger partial charge in [0, 0.05) is 11.8 Å². The summed E-state index contributed by atoms with van der Waals surface area (Å²) in [6, 6.07) is 5.73. The number of aromatic nitrogens is 2. The van der Waals surface area contributed by atoms with Gasteiger partial charge in [-0.2, -0.15) is 0 Å². The zero-order valence-corrected chi connectivity index (χ0v) is 9.47. The number of hydrogen-bond acceptors (Lipinski definition) is 4. The molecule has 1 aromatic heterocycles. The molecule has 0 bridgehead atoms. The molecule has 0 radical (unpaired) electrons. The Kier molecular flexibility index (Phi) is 2.91. The van der Waals surface area contributed by atoms with Crippen molar-refractivity contribution in [1.82, 2.24) is 9.97 Å². The molecule has 0 fully saturated rings. The number of aliphatic carboxylic acids is 1. The molecular formula is C12H13N3O2. The standard InChI is InChI=1S/C12H13N3O2/c1-7-3-2-4-8-9(5-6-10(16)17)14-12(13)15-11(7)8/h2-4H,5-6H2,1H3,(H,16,17)(H2,13,14,15). The molecular weight excluding hydrogens is 218 g/mol. The zero-order chi connectivity index (χ0) is 12.4. The van der Waals surface area contributed by atoms with E-state index in [1.54, 1.807) is 0 Å². The zero-order valence-electron chi connectivity index (χ0n) is 9.47. The molecule has 17 heavy (non-hydrogen) atoms. The van der Waals surface area contributed by atoms with Gasteiger partial charge in [-0.3, -0.25) is 4.79 Å². The molecule has 2 rings (SSSR count). The molecule has 5 nitrogen and oxygen atoms in total. The molecule has 0 saturated heterocycles. The Labute approximate surface area is 98.3 Å². The van der Waals surface area contributed by atoms with Gasteiger partial charge in [-0.1, -0.05) is 18.2 Å². The number of benzene rings is 1. The van der Waals surface area contributed by atoms with Crippen molar-refractivity contribution in [1.29, 1.82) is 0 Å². The summed E-state index contributed by atoms with van der Waals surface area (Å²) in [6.07, 6.45) is 0.404. The Morgan fingerprint density at radius 1 is 1.41 bits per heavy atom. The maximum absolute atomic E-state index is 10.6. The summed E-state index contributed by atoms with van der Waals surface area (Å²) in [5, 5.41) is 9.57. The molecule has 2 aromatic rings. The molecule has 0 saturated carbocycles. The largest absolute Gasteiger partial charge is 0.481 e. The van der Waals surface area contributed by atoms with Crippen LogP contribution in [0.3, 0.4) is 0 Å². The molecule has 0 aliphatic heterocycles. The molecule has 0 amide bonds. The van der Waals surface area contributed by atoms with Crippen molar-refractivity contribution in [3.63, 3.8) is 0 Å². The predicted octanol–water partition coefficient (Wildman–Crippen LogP) is 1.54. The molecule has 3 N–H and O–H groups in total. The SMILES string of the molecule is Cc1cccc2c(CCC(=O)O)nc(N)nc12. The molecule has 88 valence electrons. The first-order valence-electron chi connectivity index (χ1n) is 5.31. The van der Waals surface area contributed by atoms with E-state index in [2.05, 4.69) is 9.97 Å². The molecule has 0 atom stereocenters. The molecule has 1 heterocycles. The molecule has 0 spiro atoms. The summed E-state index contributed by atoms with van der Waals surface area (Å²) in [7, 11) is 0. The maximum Gasteiger partial charge on any atom is 0.303 e. The first-order valence-corrected chi connectivity index (χ1v) is 5.31. The van der Waals surface area contributed by atoms with Gasteiger partial charge in [-0.05, 0) is 12.5 Å². The number of nitrogens with zero attached hydrogens (tertiary/aromatic N) is 2. The number of fused-ring (bicyclic) bond motifs is 1. The number of carboxylic acids is 1. The third kappa shape index (κ3) is 2.33. The van der Waals surface area contributed by atoms with E-state index in [0.29, 0.717) is 12.1 Å². The number of nitrogen functional groups attached to an aromatic ring is 1. The number of para-hydroxylation sites is 1. The van der Waals surface area contributed by atoms with Crippen molar-refractivity contribution in [3.05, 3.63) is 29.5 Å². The number of carbonyl (C=O) groups is 1. The van der Waals surface area contributed by atoms with E-state index in [-0.39, 0.29) is 12.4 Å². The molecule has 1 aromatic carbocycles. The minimum absolute atomic E-state index is 0.0412. The van der Waals surface area contributed by atoms with E-state index < -0.39 is 5.97 Å². The van der Waals surface area contributed by atoms with Crippen molar-refractivity contribution in [2.45, 2.75) is 19.8 Å². The number of aryl methyl sites for hydroxylation is 2. The molecule has 0 aliphatic carbocycles. The van der Waals surface area contributed by atoms with E-state index in [9.17, 15) is 4.79 Å². The highest BCUT2D eigenvalue weighted by molar-refractivity contribution is 5.85. The highest BCUT2D eigenvalue weighted by Crippen LogP contribution is 2.20. The average Bonchev–Trinajstić information content (AvgIpc) is 2.27. The summed E-state index contributed by atoms with van der Waals surface area (Å²) in [5.74, 6) is -0.657. The monoisotopic (exact) mass is 231 g/mol. The van der Waals surface area contributed by atoms with Crippen molar-refractivity contribution < 1.29 is 9.90 Å². The van der Waals surface area contributed by atoms with Crippen molar-refractivity contribution in [3.8, 4) is 0 Å². The summed E-state index contributed by atoms with van der Waals surface area (Å²) in [4.78, 5) is 18.9. The summed E-state index contributed by atoms with van der Waals surface area (Å²) in [6.45, 7) is 1.94. The molecule has 5 heteroatoms. The van der Waals surface area contributed by atoms with Crippen LogP contribution in [-0.4, -0.2) is 21.0 Å². The highest BCUT2D eigenvalue weighted by atomic mass is 16.4. The Bertz CT molecular complexity index is 581. The highest BCUT2D eigenvalue weighted by Gasteiger charge is 2.09. The quantitative estimate of drug-likeness (QED) is 0.836. The normalized spacial score (nSPS) is 10.6. The average molecular weight is 231 g/mol. The van der Waals surface area contributed by atoms with E-state index in [4.69, 9.17) is 10.8 Å². The van der Waals surface area contributed by atoms with Crippen LogP contribution in [0, 0.1) is 6.92 Å². The van der Waals surface area contributed by atoms with Crippen molar-refractivity contribution >= 4 is 22.8 Å². The fraction of sp³-hybridized carbons (Fsp3) is 0.250. The van der Waals surface area contributed by atoms with Crippen LogP contribution in [0.4, 0.5) is 5.95 Å². The van der Waals surface area contributed by atoms with Crippen LogP contribution in [0.5, 0.6) is 0 Å². The van der Waals surface area contributed by atoms with Gasteiger partial charge in [-0.25, -0.2) is 9.97 Å². The van der Waals surface area contributed by atoms with Gasteiger partial charge in [0.05, 0.1) is 17.6 Å². The van der Waals surface area contributed by atoms with Gasteiger partial charge < -0.3 is 10.8 Å². The Morgan fingerprint density at radius 2 is 2.18 bits per heavy atom. The lowest BCUT2D eigenvalue weighted by atomic mass is 10.1. The lowest BCUT2D eigenvalue weighted by Crippen LogP contribution is -2.04. The summed E-state index contributed by atoms with van der Waals surface area (Å²) < 4.78 is 0. The van der Waals surface area contributed by atoms with Gasteiger partial charge in [0.1, 0.15) is 0 Å². The van der Waals surface area contributed by atoms with Gasteiger partial charge in [-0.15, -0.1) is 0 Å². The smallest absolute Gasteiger partial charge is 0.303 e. The van der Waals surface area contributed by atoms with E-state index in [0.717, 1.165) is 16.5 Å². The maximum atomic E-state index is 10.6. The Hall–Kier alpha value is -2.17. The van der Waals surface area contributed by atoms with Crippen molar-refractivity contribution in [2.24, 2.45) is 0 Å². The minimum atomic E-state index is -0.844. The van der Waals surface area contributed by atoms with Gasteiger partial charge in [0.15, 0.2) is 0 Å². The Morgan fingerprint density at radius 3 is 2.88 bits per heavy atom. The van der Waals surface area contributed by atoms with Crippen LogP contribution >= 0.6 is 0 Å². The minimum Gasteiger partial charge on any atom is -0.481 e. The third-order valence-corrected chi connectivity index (χ3v) is 2.60. The topological polar surface area (TPSA) is 89.1 Å². The van der Waals surface area contributed by atoms with E-state index in [1.807, 2.05) is 25.1 Å². The molecule has 0 aliphatic rings. The number of nitrogens with two attached hydrogens (primary N) is 1.